The van der Waals surface area contributed by atoms with Crippen molar-refractivity contribution < 1.29 is 18.9 Å². The molecule has 112 valence electrons. The van der Waals surface area contributed by atoms with Gasteiger partial charge in [0, 0.05) is 24.7 Å². The summed E-state index contributed by atoms with van der Waals surface area (Å²) >= 11 is 0. The number of amides is 2. The number of halogens is 1. The van der Waals surface area contributed by atoms with Gasteiger partial charge in [0.1, 0.15) is 0 Å². The maximum absolute atomic E-state index is 13.3. The molecule has 0 spiro atoms. The summed E-state index contributed by atoms with van der Waals surface area (Å²) in [5, 5.41) is 10.7. The molecular weight excluding hydrogens is 281 g/mol. The van der Waals surface area contributed by atoms with Gasteiger partial charge >= 0.3 is 5.69 Å². The van der Waals surface area contributed by atoms with Gasteiger partial charge in [-0.25, -0.2) is 0 Å². The number of carbonyl (C=O) groups excluding carboxylic acids is 2. The second-order valence-electron chi connectivity index (χ2n) is 5.32. The molecule has 1 aromatic rings. The highest BCUT2D eigenvalue weighted by Crippen LogP contribution is 2.31. The van der Waals surface area contributed by atoms with Crippen LogP contribution in [0, 0.1) is 21.3 Å². The Labute approximate surface area is 119 Å². The van der Waals surface area contributed by atoms with Crippen LogP contribution >= 0.6 is 0 Å². The molecule has 21 heavy (non-hydrogen) atoms. The van der Waals surface area contributed by atoms with Gasteiger partial charge in [-0.3, -0.25) is 19.7 Å². The van der Waals surface area contributed by atoms with Crippen molar-refractivity contribution in [2.45, 2.75) is 13.3 Å². The van der Waals surface area contributed by atoms with E-state index < -0.39 is 33.7 Å². The van der Waals surface area contributed by atoms with Gasteiger partial charge in [-0.15, -0.1) is 0 Å². The van der Waals surface area contributed by atoms with Gasteiger partial charge in [0.25, 0.3) is 5.91 Å². The summed E-state index contributed by atoms with van der Waals surface area (Å²) in [6.07, 6.45) is 0.428. The number of rotatable bonds is 3. The van der Waals surface area contributed by atoms with E-state index in [1.165, 1.54) is 11.0 Å². The van der Waals surface area contributed by atoms with Crippen LogP contribution in [0.5, 0.6) is 0 Å². The topological polar surface area (TPSA) is 107 Å². The van der Waals surface area contributed by atoms with Gasteiger partial charge in [-0.05, 0) is 25.5 Å². The second kappa shape index (κ2) is 5.12. The first kappa shape index (κ1) is 14.9. The molecule has 1 aliphatic rings. The summed E-state index contributed by atoms with van der Waals surface area (Å²) < 4.78 is 13.3. The van der Waals surface area contributed by atoms with Crippen molar-refractivity contribution in [2.24, 2.45) is 11.1 Å². The van der Waals surface area contributed by atoms with Gasteiger partial charge in [0.15, 0.2) is 0 Å². The summed E-state index contributed by atoms with van der Waals surface area (Å²) in [7, 11) is 0. The smallest absolute Gasteiger partial charge is 0.305 e. The van der Waals surface area contributed by atoms with Crippen LogP contribution in [0.3, 0.4) is 0 Å². The molecule has 2 rings (SSSR count). The van der Waals surface area contributed by atoms with E-state index in [9.17, 15) is 24.1 Å². The SMILES string of the molecule is CC1(C(N)=O)CCN(C(=O)c2ccc(F)c([N+](=O)[O-])c2)C1. The van der Waals surface area contributed by atoms with Gasteiger partial charge in [0.2, 0.25) is 11.7 Å². The third-order valence-corrected chi connectivity index (χ3v) is 3.75. The Hall–Kier alpha value is -2.51. The molecule has 7 nitrogen and oxygen atoms in total. The Bertz CT molecular complexity index is 634. The average molecular weight is 295 g/mol. The third kappa shape index (κ3) is 2.69. The highest BCUT2D eigenvalue weighted by Gasteiger charge is 2.41. The number of nitro benzene ring substituents is 1. The molecular formula is C13H14FN3O4. The maximum atomic E-state index is 13.3. The number of primary amides is 1. The van der Waals surface area contributed by atoms with Crippen molar-refractivity contribution >= 4 is 17.5 Å². The van der Waals surface area contributed by atoms with Crippen molar-refractivity contribution in [1.82, 2.24) is 4.90 Å². The van der Waals surface area contributed by atoms with Crippen LogP contribution in [0.2, 0.25) is 0 Å². The Morgan fingerprint density at radius 1 is 1.48 bits per heavy atom. The number of nitrogens with two attached hydrogens (primary N) is 1. The number of hydrogen-bond acceptors (Lipinski definition) is 4. The lowest BCUT2D eigenvalue weighted by atomic mass is 9.89. The number of carbonyl (C=O) groups is 2. The minimum absolute atomic E-state index is 0.0109. The highest BCUT2D eigenvalue weighted by atomic mass is 19.1. The fraction of sp³-hybridized carbons (Fsp3) is 0.385. The first-order chi connectivity index (χ1) is 9.74. The molecule has 1 unspecified atom stereocenters. The van der Waals surface area contributed by atoms with Crippen molar-refractivity contribution in [2.75, 3.05) is 13.1 Å². The lowest BCUT2D eigenvalue weighted by Gasteiger charge is -2.21. The van der Waals surface area contributed by atoms with E-state index >= 15 is 0 Å². The molecule has 0 saturated carbocycles. The molecule has 0 aromatic heterocycles. The summed E-state index contributed by atoms with van der Waals surface area (Å²) in [6.45, 7) is 2.13. The first-order valence-corrected chi connectivity index (χ1v) is 6.28. The van der Waals surface area contributed by atoms with E-state index in [-0.39, 0.29) is 12.1 Å². The van der Waals surface area contributed by atoms with Crippen LogP contribution in [0.25, 0.3) is 0 Å². The lowest BCUT2D eigenvalue weighted by Crippen LogP contribution is -2.38. The molecule has 0 aliphatic carbocycles. The molecule has 1 atom stereocenters. The zero-order chi connectivity index (χ0) is 15.8. The normalized spacial score (nSPS) is 21.3. The van der Waals surface area contributed by atoms with E-state index in [1.807, 2.05) is 0 Å². The number of hydrogen-bond donors (Lipinski definition) is 1. The number of nitro groups is 1. The zero-order valence-corrected chi connectivity index (χ0v) is 11.3. The Kier molecular flexibility index (Phi) is 3.63. The van der Waals surface area contributed by atoms with Gasteiger partial charge < -0.3 is 10.6 Å². The predicted octanol–water partition coefficient (Wildman–Crippen LogP) is 1.07. The van der Waals surface area contributed by atoms with Gasteiger partial charge in [-0.2, -0.15) is 4.39 Å². The fourth-order valence-electron chi connectivity index (χ4n) is 2.30. The largest absolute Gasteiger partial charge is 0.369 e. The van der Waals surface area contributed by atoms with Crippen LogP contribution in [-0.4, -0.2) is 34.7 Å². The van der Waals surface area contributed by atoms with E-state index in [1.54, 1.807) is 6.92 Å². The quantitative estimate of drug-likeness (QED) is 0.664. The van der Waals surface area contributed by atoms with Crippen LogP contribution in [-0.2, 0) is 4.79 Å². The molecule has 1 saturated heterocycles. The standard InChI is InChI=1S/C13H14FN3O4/c1-13(12(15)19)4-5-16(7-13)11(18)8-2-3-9(14)10(6-8)17(20)21/h2-3,6H,4-5,7H2,1H3,(H2,15,19). The van der Waals surface area contributed by atoms with Crippen molar-refractivity contribution in [3.05, 3.63) is 39.7 Å². The predicted molar refractivity (Wildman–Crippen MR) is 70.9 cm³/mol. The molecule has 0 bridgehead atoms. The summed E-state index contributed by atoms with van der Waals surface area (Å²) in [5.74, 6) is -1.98. The molecule has 8 heteroatoms. The van der Waals surface area contributed by atoms with Crippen LogP contribution in [0.4, 0.5) is 10.1 Å². The molecule has 1 aromatic carbocycles. The summed E-state index contributed by atoms with van der Waals surface area (Å²) in [4.78, 5) is 34.8. The van der Waals surface area contributed by atoms with E-state index in [4.69, 9.17) is 5.73 Å². The van der Waals surface area contributed by atoms with Crippen molar-refractivity contribution in [1.29, 1.82) is 0 Å². The minimum Gasteiger partial charge on any atom is -0.369 e. The molecule has 2 N–H and O–H groups in total. The molecule has 1 aliphatic heterocycles. The van der Waals surface area contributed by atoms with E-state index in [0.717, 1.165) is 12.1 Å². The minimum atomic E-state index is -1.00. The van der Waals surface area contributed by atoms with Gasteiger partial charge in [-0.1, -0.05) is 0 Å². The van der Waals surface area contributed by atoms with Crippen molar-refractivity contribution in [3.8, 4) is 0 Å². The Balaban J connectivity index is 2.24. The van der Waals surface area contributed by atoms with E-state index in [2.05, 4.69) is 0 Å². The maximum Gasteiger partial charge on any atom is 0.305 e. The van der Waals surface area contributed by atoms with Crippen molar-refractivity contribution in [3.63, 3.8) is 0 Å². The van der Waals surface area contributed by atoms with Crippen LogP contribution in [0.1, 0.15) is 23.7 Å². The number of nitrogens with zero attached hydrogens (tertiary/aromatic N) is 2. The molecule has 0 radical (unpaired) electrons. The summed E-state index contributed by atoms with van der Waals surface area (Å²) in [6, 6.07) is 2.97. The Morgan fingerprint density at radius 3 is 2.67 bits per heavy atom. The third-order valence-electron chi connectivity index (χ3n) is 3.75. The first-order valence-electron chi connectivity index (χ1n) is 6.28. The fourth-order valence-corrected chi connectivity index (χ4v) is 2.30. The van der Waals surface area contributed by atoms with Gasteiger partial charge in [0.05, 0.1) is 10.3 Å². The van der Waals surface area contributed by atoms with E-state index in [0.29, 0.717) is 13.0 Å². The number of likely N-dealkylation sites (tertiary alicyclic amines) is 1. The second-order valence-corrected chi connectivity index (χ2v) is 5.32. The molecule has 1 fully saturated rings. The lowest BCUT2D eigenvalue weighted by molar-refractivity contribution is -0.387. The molecule has 1 heterocycles. The molecule has 2 amide bonds. The average Bonchev–Trinajstić information content (AvgIpc) is 2.82. The summed E-state index contributed by atoms with van der Waals surface area (Å²) in [5.41, 5.74) is 3.76. The Morgan fingerprint density at radius 2 is 2.14 bits per heavy atom. The zero-order valence-electron chi connectivity index (χ0n) is 11.3. The monoisotopic (exact) mass is 295 g/mol. The van der Waals surface area contributed by atoms with Crippen LogP contribution in [0.15, 0.2) is 18.2 Å². The van der Waals surface area contributed by atoms with Crippen LogP contribution < -0.4 is 5.73 Å². The highest BCUT2D eigenvalue weighted by molar-refractivity contribution is 5.95. The number of benzene rings is 1.